The molecule has 1 N–H and O–H groups in total. The molecule has 1 heterocycles. The van der Waals surface area contributed by atoms with Gasteiger partial charge in [0.05, 0.1) is 18.3 Å². The third-order valence-corrected chi connectivity index (χ3v) is 1.99. The third-order valence-electron chi connectivity index (χ3n) is 1.99. The smallest absolute Gasteiger partial charge is 0.0813 e. The van der Waals surface area contributed by atoms with E-state index in [0.717, 1.165) is 12.8 Å². The van der Waals surface area contributed by atoms with Gasteiger partial charge < -0.3 is 9.84 Å². The van der Waals surface area contributed by atoms with Crippen LogP contribution < -0.4 is 0 Å². The average molecular weight is 144 g/mol. The van der Waals surface area contributed by atoms with E-state index in [-0.39, 0.29) is 18.3 Å². The van der Waals surface area contributed by atoms with Crippen LogP contribution in [0, 0.1) is 0 Å². The number of hydrogen-bond acceptors (Lipinski definition) is 2. The number of hydrogen-bond donors (Lipinski definition) is 1. The molecule has 0 aromatic rings. The molecule has 10 heavy (non-hydrogen) atoms. The molecule has 0 aromatic carbocycles. The van der Waals surface area contributed by atoms with Crippen LogP contribution in [-0.4, -0.2) is 23.4 Å². The van der Waals surface area contributed by atoms with Crippen LogP contribution in [-0.2, 0) is 4.74 Å². The van der Waals surface area contributed by atoms with Gasteiger partial charge in [0.15, 0.2) is 0 Å². The second-order valence-corrected chi connectivity index (χ2v) is 3.57. The Hall–Kier alpha value is -0.0800. The van der Waals surface area contributed by atoms with E-state index in [9.17, 15) is 0 Å². The summed E-state index contributed by atoms with van der Waals surface area (Å²) in [7, 11) is 0. The Labute approximate surface area is 62.2 Å². The summed E-state index contributed by atoms with van der Waals surface area (Å²) >= 11 is 0. The first kappa shape index (κ1) is 8.02. The van der Waals surface area contributed by atoms with Gasteiger partial charge in [0, 0.05) is 0 Å². The van der Waals surface area contributed by atoms with Crippen molar-refractivity contribution in [3.63, 3.8) is 0 Å². The van der Waals surface area contributed by atoms with Gasteiger partial charge in [-0.05, 0) is 33.1 Å². The predicted octanol–water partition coefficient (Wildman–Crippen LogP) is 1.33. The Morgan fingerprint density at radius 3 is 2.70 bits per heavy atom. The Bertz CT molecular complexity index is 110. The minimum Gasteiger partial charge on any atom is -0.394 e. The van der Waals surface area contributed by atoms with E-state index >= 15 is 0 Å². The maximum atomic E-state index is 8.80. The molecule has 0 radical (unpaired) electrons. The van der Waals surface area contributed by atoms with E-state index in [1.807, 2.05) is 0 Å². The maximum absolute atomic E-state index is 8.80. The molecule has 1 fully saturated rings. The summed E-state index contributed by atoms with van der Waals surface area (Å²) < 4.78 is 5.57. The van der Waals surface area contributed by atoms with Gasteiger partial charge in [0.2, 0.25) is 0 Å². The summed E-state index contributed by atoms with van der Waals surface area (Å²) in [6.45, 7) is 4.33. The molecule has 1 rings (SSSR count). The third kappa shape index (κ3) is 1.96. The summed E-state index contributed by atoms with van der Waals surface area (Å²) in [4.78, 5) is 0. The summed E-state index contributed by atoms with van der Waals surface area (Å²) in [6, 6.07) is 0. The van der Waals surface area contributed by atoms with E-state index in [0.29, 0.717) is 0 Å². The minimum absolute atomic E-state index is 0.00829. The van der Waals surface area contributed by atoms with Gasteiger partial charge >= 0.3 is 0 Å². The van der Waals surface area contributed by atoms with Crippen molar-refractivity contribution in [3.8, 4) is 0 Å². The van der Waals surface area contributed by atoms with Crippen LogP contribution in [0.3, 0.4) is 0 Å². The molecular formula is C8H16O2. The Balaban J connectivity index is 2.40. The molecule has 1 atom stereocenters. The lowest BCUT2D eigenvalue weighted by Gasteiger charge is -2.35. The Morgan fingerprint density at radius 1 is 1.60 bits per heavy atom. The second-order valence-electron chi connectivity index (χ2n) is 3.57. The van der Waals surface area contributed by atoms with Crippen molar-refractivity contribution in [3.05, 3.63) is 0 Å². The quantitative estimate of drug-likeness (QED) is 0.601. The molecule has 0 bridgehead atoms. The molecule has 60 valence electrons. The fourth-order valence-electron chi connectivity index (χ4n) is 1.45. The number of aliphatic hydroxyl groups excluding tert-OH is 1. The van der Waals surface area contributed by atoms with Crippen LogP contribution >= 0.6 is 0 Å². The first-order chi connectivity index (χ1) is 4.64. The Morgan fingerprint density at radius 2 is 2.30 bits per heavy atom. The fourth-order valence-corrected chi connectivity index (χ4v) is 1.45. The molecular weight excluding hydrogens is 128 g/mol. The first-order valence-electron chi connectivity index (χ1n) is 3.93. The topological polar surface area (TPSA) is 29.5 Å². The van der Waals surface area contributed by atoms with Crippen LogP contribution in [0.1, 0.15) is 33.1 Å². The predicted molar refractivity (Wildman–Crippen MR) is 39.9 cm³/mol. The van der Waals surface area contributed by atoms with Gasteiger partial charge in [-0.25, -0.2) is 0 Å². The highest BCUT2D eigenvalue weighted by atomic mass is 16.5. The van der Waals surface area contributed by atoms with Crippen molar-refractivity contribution in [2.75, 3.05) is 6.61 Å². The lowest BCUT2D eigenvalue weighted by molar-refractivity contribution is -0.122. The molecule has 1 aliphatic heterocycles. The average Bonchev–Trinajstić information content (AvgIpc) is 1.86. The second kappa shape index (κ2) is 2.89. The van der Waals surface area contributed by atoms with Crippen LogP contribution in [0.5, 0.6) is 0 Å². The van der Waals surface area contributed by atoms with Gasteiger partial charge in [0.1, 0.15) is 0 Å². The van der Waals surface area contributed by atoms with Crippen molar-refractivity contribution in [2.24, 2.45) is 0 Å². The van der Waals surface area contributed by atoms with Crippen LogP contribution in [0.25, 0.3) is 0 Å². The van der Waals surface area contributed by atoms with Crippen molar-refractivity contribution >= 4 is 0 Å². The van der Waals surface area contributed by atoms with Crippen molar-refractivity contribution in [2.45, 2.75) is 44.8 Å². The standard InChI is InChI=1S/C8H16O2/c1-8(2)5-3-4-7(6-9)10-8/h7,9H,3-6H2,1-2H3/t7-/m1/s1. The van der Waals surface area contributed by atoms with E-state index in [1.165, 1.54) is 6.42 Å². The van der Waals surface area contributed by atoms with Crippen molar-refractivity contribution in [1.82, 2.24) is 0 Å². The highest BCUT2D eigenvalue weighted by Gasteiger charge is 2.27. The molecule has 0 unspecified atom stereocenters. The molecule has 0 spiro atoms. The Kier molecular flexibility index (Phi) is 2.32. The summed E-state index contributed by atoms with van der Waals surface area (Å²) in [5.41, 5.74) is -0.00829. The number of aliphatic hydroxyl groups is 1. The molecule has 2 heteroatoms. The van der Waals surface area contributed by atoms with Crippen LogP contribution in [0.4, 0.5) is 0 Å². The molecule has 1 aliphatic rings. The lowest BCUT2D eigenvalue weighted by atomic mass is 9.95. The zero-order valence-corrected chi connectivity index (χ0v) is 6.76. The molecule has 0 aliphatic carbocycles. The molecule has 1 saturated heterocycles. The normalized spacial score (nSPS) is 32.1. The summed E-state index contributed by atoms with van der Waals surface area (Å²) in [5.74, 6) is 0. The van der Waals surface area contributed by atoms with E-state index < -0.39 is 0 Å². The van der Waals surface area contributed by atoms with Gasteiger partial charge in [-0.1, -0.05) is 0 Å². The molecule has 0 saturated carbocycles. The highest BCUT2D eigenvalue weighted by Crippen LogP contribution is 2.27. The van der Waals surface area contributed by atoms with Gasteiger partial charge in [-0.2, -0.15) is 0 Å². The van der Waals surface area contributed by atoms with Gasteiger partial charge in [0.25, 0.3) is 0 Å². The largest absolute Gasteiger partial charge is 0.394 e. The van der Waals surface area contributed by atoms with E-state index in [4.69, 9.17) is 9.84 Å². The fraction of sp³-hybridized carbons (Fsp3) is 1.00. The number of ether oxygens (including phenoxy) is 1. The maximum Gasteiger partial charge on any atom is 0.0813 e. The first-order valence-corrected chi connectivity index (χ1v) is 3.93. The summed E-state index contributed by atoms with van der Waals surface area (Å²) in [5, 5.41) is 8.80. The summed E-state index contributed by atoms with van der Waals surface area (Å²) in [6.07, 6.45) is 3.39. The SMILES string of the molecule is CC1(C)CCC[C@H](CO)O1. The van der Waals surface area contributed by atoms with E-state index in [1.54, 1.807) is 0 Å². The van der Waals surface area contributed by atoms with Gasteiger partial charge in [-0.15, -0.1) is 0 Å². The van der Waals surface area contributed by atoms with Crippen molar-refractivity contribution < 1.29 is 9.84 Å². The molecule has 2 nitrogen and oxygen atoms in total. The van der Waals surface area contributed by atoms with Crippen LogP contribution in [0.2, 0.25) is 0 Å². The zero-order chi connectivity index (χ0) is 7.61. The van der Waals surface area contributed by atoms with Crippen LogP contribution in [0.15, 0.2) is 0 Å². The van der Waals surface area contributed by atoms with Crippen molar-refractivity contribution in [1.29, 1.82) is 0 Å². The lowest BCUT2D eigenvalue weighted by Crippen LogP contribution is -2.36. The zero-order valence-electron chi connectivity index (χ0n) is 6.76. The van der Waals surface area contributed by atoms with Gasteiger partial charge in [-0.3, -0.25) is 0 Å². The van der Waals surface area contributed by atoms with E-state index in [2.05, 4.69) is 13.8 Å². The minimum atomic E-state index is -0.00829. The molecule has 0 aromatic heterocycles. The molecule has 0 amide bonds. The monoisotopic (exact) mass is 144 g/mol. The highest BCUT2D eigenvalue weighted by molar-refractivity contribution is 4.77. The number of rotatable bonds is 1.